The van der Waals surface area contributed by atoms with Crippen molar-refractivity contribution in [3.05, 3.63) is 110 Å². The highest BCUT2D eigenvalue weighted by atomic mass is 79.9. The molecular formula is C32H24Br2ClN3O5. The minimum absolute atomic E-state index is 0.153. The summed E-state index contributed by atoms with van der Waals surface area (Å²) in [6, 6.07) is 23.3. The molecule has 0 atom stereocenters. The molecule has 0 aliphatic rings. The lowest BCUT2D eigenvalue weighted by atomic mass is 10.0. The van der Waals surface area contributed by atoms with Crippen molar-refractivity contribution in [3.63, 3.8) is 0 Å². The van der Waals surface area contributed by atoms with Crippen molar-refractivity contribution < 1.29 is 23.8 Å². The average Bonchev–Trinajstić information content (AvgIpc) is 3.38. The summed E-state index contributed by atoms with van der Waals surface area (Å²) in [6.07, 6.45) is 1.39. The van der Waals surface area contributed by atoms with E-state index in [1.165, 1.54) is 19.4 Å². The monoisotopic (exact) mass is 723 g/mol. The molecule has 0 bridgehead atoms. The summed E-state index contributed by atoms with van der Waals surface area (Å²) in [7, 11) is 1.45. The number of aromatic nitrogens is 1. The second-order valence-electron chi connectivity index (χ2n) is 9.12. The molecule has 1 aromatic heterocycles. The van der Waals surface area contributed by atoms with E-state index in [1.807, 2.05) is 55.5 Å². The van der Waals surface area contributed by atoms with E-state index < -0.39 is 11.9 Å². The van der Waals surface area contributed by atoms with Crippen molar-refractivity contribution in [1.82, 2.24) is 10.4 Å². The van der Waals surface area contributed by atoms with Gasteiger partial charge in [-0.2, -0.15) is 5.10 Å². The smallest absolute Gasteiger partial charge is 0.347 e. The minimum Gasteiger partial charge on any atom is -0.496 e. The predicted octanol–water partition coefficient (Wildman–Crippen LogP) is 8.40. The molecule has 2 N–H and O–H groups in total. The first-order chi connectivity index (χ1) is 20.8. The van der Waals surface area contributed by atoms with E-state index >= 15 is 0 Å². The van der Waals surface area contributed by atoms with Gasteiger partial charge >= 0.3 is 5.97 Å². The fraction of sp³-hybridized carbons (Fsp3) is 0.0938. The first-order valence-corrected chi connectivity index (χ1v) is 15.0. The van der Waals surface area contributed by atoms with Crippen molar-refractivity contribution in [1.29, 1.82) is 0 Å². The van der Waals surface area contributed by atoms with Crippen LogP contribution >= 0.6 is 43.5 Å². The van der Waals surface area contributed by atoms with E-state index in [4.69, 9.17) is 25.8 Å². The maximum absolute atomic E-state index is 13.5. The van der Waals surface area contributed by atoms with Crippen LogP contribution in [0.15, 0.2) is 92.9 Å². The topological polar surface area (TPSA) is 102 Å². The van der Waals surface area contributed by atoms with Crippen molar-refractivity contribution in [3.8, 4) is 28.4 Å². The number of nitrogens with one attached hydrogen (secondary N) is 2. The van der Waals surface area contributed by atoms with Crippen LogP contribution in [0.5, 0.6) is 17.2 Å². The van der Waals surface area contributed by atoms with Gasteiger partial charge in [0.05, 0.1) is 24.4 Å². The van der Waals surface area contributed by atoms with Crippen LogP contribution < -0.4 is 19.6 Å². The van der Waals surface area contributed by atoms with Gasteiger partial charge in [0.2, 0.25) is 0 Å². The standard InChI is InChI=1S/C32H24Br2ClN3O5/c1-3-42-22-10-11-26-23(16-22)28(18-7-5-4-6-8-18)29(37-26)31(39)38-36-17-19-13-20(33)14-25(34)30(19)43-32(40)24-15-21(35)9-12-27(24)41-2/h4-17,37H,3H2,1-2H3,(H,38,39). The maximum Gasteiger partial charge on any atom is 0.347 e. The molecular weight excluding hydrogens is 702 g/mol. The number of carbonyl (C=O) groups excluding carboxylic acids is 2. The zero-order chi connectivity index (χ0) is 30.5. The zero-order valence-corrected chi connectivity index (χ0v) is 26.8. The normalized spacial score (nSPS) is 11.1. The lowest BCUT2D eigenvalue weighted by Gasteiger charge is -2.12. The molecule has 0 aliphatic heterocycles. The number of benzene rings is 4. The van der Waals surface area contributed by atoms with Gasteiger partial charge in [0, 0.05) is 31.5 Å². The maximum atomic E-state index is 13.5. The molecule has 0 radical (unpaired) electrons. The lowest BCUT2D eigenvalue weighted by molar-refractivity contribution is 0.0729. The Labute approximate surface area is 269 Å². The van der Waals surface area contributed by atoms with E-state index in [0.717, 1.165) is 22.0 Å². The summed E-state index contributed by atoms with van der Waals surface area (Å²) < 4.78 is 17.9. The number of rotatable bonds is 9. The van der Waals surface area contributed by atoms with Crippen molar-refractivity contribution in [2.75, 3.05) is 13.7 Å². The number of aromatic amines is 1. The van der Waals surface area contributed by atoms with E-state index in [1.54, 1.807) is 24.3 Å². The highest BCUT2D eigenvalue weighted by Crippen LogP contribution is 2.36. The quantitative estimate of drug-likeness (QED) is 0.0688. The second-order valence-corrected chi connectivity index (χ2v) is 11.3. The third kappa shape index (κ3) is 6.77. The summed E-state index contributed by atoms with van der Waals surface area (Å²) >= 11 is 13.0. The number of esters is 1. The first kappa shape index (κ1) is 30.3. The molecule has 1 heterocycles. The Morgan fingerprint density at radius 1 is 1.02 bits per heavy atom. The Morgan fingerprint density at radius 3 is 2.56 bits per heavy atom. The van der Waals surface area contributed by atoms with E-state index in [2.05, 4.69) is 47.4 Å². The Kier molecular flexibility index (Phi) is 9.49. The van der Waals surface area contributed by atoms with Gasteiger partial charge in [-0.3, -0.25) is 4.79 Å². The highest BCUT2D eigenvalue weighted by Gasteiger charge is 2.21. The van der Waals surface area contributed by atoms with Crippen LogP contribution in [0.25, 0.3) is 22.0 Å². The molecule has 1 amide bonds. The number of hydrogen-bond acceptors (Lipinski definition) is 6. The molecule has 0 unspecified atom stereocenters. The molecule has 0 aliphatic carbocycles. The SMILES string of the molecule is CCOc1ccc2[nH]c(C(=O)NN=Cc3cc(Br)cc(Br)c3OC(=O)c3cc(Cl)ccc3OC)c(-c3ccccc3)c2c1. The molecule has 218 valence electrons. The number of carbonyl (C=O) groups is 2. The first-order valence-electron chi connectivity index (χ1n) is 13.0. The lowest BCUT2D eigenvalue weighted by Crippen LogP contribution is -2.19. The zero-order valence-electron chi connectivity index (χ0n) is 22.9. The summed E-state index contributed by atoms with van der Waals surface area (Å²) in [5.74, 6) is 0.0609. The van der Waals surface area contributed by atoms with Crippen molar-refractivity contribution in [2.45, 2.75) is 6.92 Å². The molecule has 0 spiro atoms. The van der Waals surface area contributed by atoms with Crippen LogP contribution in [0.1, 0.15) is 33.3 Å². The van der Waals surface area contributed by atoms with E-state index in [0.29, 0.717) is 43.3 Å². The van der Waals surface area contributed by atoms with Gasteiger partial charge in [0.15, 0.2) is 5.75 Å². The van der Waals surface area contributed by atoms with Gasteiger partial charge in [-0.1, -0.05) is 57.9 Å². The highest BCUT2D eigenvalue weighted by molar-refractivity contribution is 9.11. The van der Waals surface area contributed by atoms with Gasteiger partial charge < -0.3 is 19.2 Å². The Balaban J connectivity index is 1.45. The van der Waals surface area contributed by atoms with Crippen LogP contribution in [0, 0.1) is 0 Å². The summed E-state index contributed by atoms with van der Waals surface area (Å²) in [4.78, 5) is 29.8. The van der Waals surface area contributed by atoms with Crippen LogP contribution in [0.2, 0.25) is 5.02 Å². The molecule has 43 heavy (non-hydrogen) atoms. The molecule has 0 saturated carbocycles. The average molecular weight is 726 g/mol. The van der Waals surface area contributed by atoms with Gasteiger partial charge in [-0.05, 0) is 76.9 Å². The fourth-order valence-electron chi connectivity index (χ4n) is 4.49. The number of nitrogens with zero attached hydrogens (tertiary/aromatic N) is 1. The molecule has 5 aromatic rings. The number of ether oxygens (including phenoxy) is 3. The summed E-state index contributed by atoms with van der Waals surface area (Å²) in [5, 5.41) is 5.39. The molecule has 0 saturated heterocycles. The van der Waals surface area contributed by atoms with Crippen LogP contribution in [-0.4, -0.2) is 36.8 Å². The number of fused-ring (bicyclic) bond motifs is 1. The molecule has 5 rings (SSSR count). The number of methoxy groups -OCH3 is 1. The van der Waals surface area contributed by atoms with Crippen molar-refractivity contribution in [2.24, 2.45) is 5.10 Å². The number of hydrogen-bond donors (Lipinski definition) is 2. The molecule has 11 heteroatoms. The van der Waals surface area contributed by atoms with Gasteiger partial charge in [0.1, 0.15) is 22.8 Å². The third-order valence-electron chi connectivity index (χ3n) is 6.35. The second kappa shape index (κ2) is 13.5. The Hall–Kier alpha value is -4.12. The summed E-state index contributed by atoms with van der Waals surface area (Å²) in [6.45, 7) is 2.44. The van der Waals surface area contributed by atoms with Gasteiger partial charge in [-0.25, -0.2) is 10.2 Å². The summed E-state index contributed by atoms with van der Waals surface area (Å²) in [5.41, 5.74) is 5.86. The van der Waals surface area contributed by atoms with Crippen LogP contribution in [0.4, 0.5) is 0 Å². The minimum atomic E-state index is -0.682. The number of hydrazone groups is 1. The Bertz CT molecular complexity index is 1860. The largest absolute Gasteiger partial charge is 0.496 e. The molecule has 8 nitrogen and oxygen atoms in total. The van der Waals surface area contributed by atoms with Crippen molar-refractivity contribution >= 4 is 72.5 Å². The number of H-pyrrole nitrogens is 1. The molecule has 4 aromatic carbocycles. The van der Waals surface area contributed by atoms with Gasteiger partial charge in [-0.15, -0.1) is 0 Å². The Morgan fingerprint density at radius 2 is 1.81 bits per heavy atom. The number of amides is 1. The van der Waals surface area contributed by atoms with E-state index in [9.17, 15) is 9.59 Å². The van der Waals surface area contributed by atoms with Crippen LogP contribution in [0.3, 0.4) is 0 Å². The third-order valence-corrected chi connectivity index (χ3v) is 7.64. The van der Waals surface area contributed by atoms with Gasteiger partial charge in [0.25, 0.3) is 5.91 Å². The van der Waals surface area contributed by atoms with E-state index in [-0.39, 0.29) is 11.3 Å². The number of halogens is 3. The predicted molar refractivity (Wildman–Crippen MR) is 175 cm³/mol. The van der Waals surface area contributed by atoms with Crippen LogP contribution in [-0.2, 0) is 0 Å². The fourth-order valence-corrected chi connectivity index (χ4v) is 6.00. The molecule has 0 fully saturated rings.